The van der Waals surface area contributed by atoms with E-state index in [1.807, 2.05) is 21.7 Å². The quantitative estimate of drug-likeness (QED) is 0.781. The number of halogens is 1. The zero-order valence-electron chi connectivity index (χ0n) is 12.1. The monoisotopic (exact) mass is 336 g/mol. The zero-order chi connectivity index (χ0) is 14.5. The zero-order valence-corrected chi connectivity index (χ0v) is 13.7. The molecule has 1 heterocycles. The van der Waals surface area contributed by atoms with Crippen molar-refractivity contribution in [2.45, 2.75) is 33.2 Å². The third kappa shape index (κ3) is 3.42. The Morgan fingerprint density at radius 1 is 1.20 bits per heavy atom. The Hall–Kier alpha value is -1.29. The molecule has 20 heavy (non-hydrogen) atoms. The molecule has 0 bridgehead atoms. The average Bonchev–Trinajstić information content (AvgIpc) is 2.80. The van der Waals surface area contributed by atoms with Crippen LogP contribution in [0.1, 0.15) is 26.7 Å². The van der Waals surface area contributed by atoms with Crippen LogP contribution in [0, 0.1) is 0 Å². The highest BCUT2D eigenvalue weighted by Crippen LogP contribution is 2.21. The van der Waals surface area contributed by atoms with Crippen molar-refractivity contribution >= 4 is 32.7 Å². The summed E-state index contributed by atoms with van der Waals surface area (Å²) in [5.41, 5.74) is 1.11. The van der Waals surface area contributed by atoms with Gasteiger partial charge in [-0.2, -0.15) is 0 Å². The third-order valence-corrected chi connectivity index (χ3v) is 3.87. The first kappa shape index (κ1) is 15.1. The van der Waals surface area contributed by atoms with Crippen molar-refractivity contribution in [3.8, 4) is 0 Å². The summed E-state index contributed by atoms with van der Waals surface area (Å²) in [4.78, 5) is 14.4. The molecule has 0 fully saturated rings. The molecule has 108 valence electrons. The van der Waals surface area contributed by atoms with E-state index in [1.165, 1.54) is 0 Å². The number of carbonyl (C=O) groups excluding carboxylic acids is 1. The summed E-state index contributed by atoms with van der Waals surface area (Å²) in [7, 11) is 0. The fourth-order valence-corrected chi connectivity index (χ4v) is 2.83. The third-order valence-electron chi connectivity index (χ3n) is 3.38. The standard InChI is InChI=1S/C16H21BrN2O/c1-3-8-18(9-4-2)16(20)12-19-10-7-13-11-14(17)5-6-15(13)19/h5-7,10-11H,3-4,8-9,12H2,1-2H3. The average molecular weight is 337 g/mol. The maximum absolute atomic E-state index is 12.4. The second-order valence-electron chi connectivity index (χ2n) is 5.03. The first-order valence-electron chi connectivity index (χ1n) is 7.18. The van der Waals surface area contributed by atoms with Gasteiger partial charge in [0.05, 0.1) is 0 Å². The van der Waals surface area contributed by atoms with E-state index in [-0.39, 0.29) is 5.91 Å². The van der Waals surface area contributed by atoms with Gasteiger partial charge in [0.2, 0.25) is 5.91 Å². The van der Waals surface area contributed by atoms with Gasteiger partial charge in [-0.3, -0.25) is 4.79 Å². The van der Waals surface area contributed by atoms with Gasteiger partial charge >= 0.3 is 0 Å². The van der Waals surface area contributed by atoms with Crippen molar-refractivity contribution in [2.24, 2.45) is 0 Å². The van der Waals surface area contributed by atoms with Gasteiger partial charge in [0.1, 0.15) is 6.54 Å². The number of rotatable bonds is 6. The lowest BCUT2D eigenvalue weighted by Crippen LogP contribution is -2.35. The molecule has 0 aliphatic carbocycles. The van der Waals surface area contributed by atoms with E-state index >= 15 is 0 Å². The number of benzene rings is 1. The van der Waals surface area contributed by atoms with Crippen LogP contribution < -0.4 is 0 Å². The molecule has 4 heteroatoms. The lowest BCUT2D eigenvalue weighted by atomic mass is 10.2. The molecule has 2 aromatic rings. The van der Waals surface area contributed by atoms with Crippen LogP contribution in [0.4, 0.5) is 0 Å². The Kier molecular flexibility index (Phi) is 5.24. The fraction of sp³-hybridized carbons (Fsp3) is 0.438. The van der Waals surface area contributed by atoms with Gasteiger partial charge in [-0.1, -0.05) is 29.8 Å². The highest BCUT2D eigenvalue weighted by molar-refractivity contribution is 9.10. The summed E-state index contributed by atoms with van der Waals surface area (Å²) in [6.07, 6.45) is 4.00. The highest BCUT2D eigenvalue weighted by atomic mass is 79.9. The van der Waals surface area contributed by atoms with Crippen LogP contribution in [0.5, 0.6) is 0 Å². The minimum absolute atomic E-state index is 0.203. The van der Waals surface area contributed by atoms with Gasteiger partial charge in [-0.05, 0) is 37.1 Å². The molecule has 0 saturated carbocycles. The summed E-state index contributed by atoms with van der Waals surface area (Å²) >= 11 is 3.47. The molecule has 1 aromatic carbocycles. The maximum atomic E-state index is 12.4. The number of nitrogens with zero attached hydrogens (tertiary/aromatic N) is 2. The van der Waals surface area contributed by atoms with E-state index < -0.39 is 0 Å². The smallest absolute Gasteiger partial charge is 0.242 e. The predicted molar refractivity (Wildman–Crippen MR) is 86.8 cm³/mol. The number of hydrogen-bond acceptors (Lipinski definition) is 1. The number of fused-ring (bicyclic) bond motifs is 1. The van der Waals surface area contributed by atoms with Crippen LogP contribution in [0.2, 0.25) is 0 Å². The minimum Gasteiger partial charge on any atom is -0.341 e. The van der Waals surface area contributed by atoms with Crippen molar-refractivity contribution < 1.29 is 4.79 Å². The van der Waals surface area contributed by atoms with Gasteiger partial charge in [-0.25, -0.2) is 0 Å². The maximum Gasteiger partial charge on any atom is 0.242 e. The lowest BCUT2D eigenvalue weighted by Gasteiger charge is -2.22. The van der Waals surface area contributed by atoms with E-state index in [4.69, 9.17) is 0 Å². The van der Waals surface area contributed by atoms with E-state index in [1.54, 1.807) is 0 Å². The molecule has 0 saturated heterocycles. The van der Waals surface area contributed by atoms with Gasteiger partial charge in [0, 0.05) is 34.7 Å². The Morgan fingerprint density at radius 2 is 1.90 bits per heavy atom. The largest absolute Gasteiger partial charge is 0.341 e. The van der Waals surface area contributed by atoms with Crippen molar-refractivity contribution in [1.29, 1.82) is 0 Å². The van der Waals surface area contributed by atoms with Gasteiger partial charge in [0.25, 0.3) is 0 Å². The van der Waals surface area contributed by atoms with Crippen molar-refractivity contribution in [2.75, 3.05) is 13.1 Å². The molecular weight excluding hydrogens is 316 g/mol. The summed E-state index contributed by atoms with van der Waals surface area (Å²) in [5, 5.41) is 1.16. The Balaban J connectivity index is 2.16. The molecule has 1 amide bonds. The summed E-state index contributed by atoms with van der Waals surface area (Å²) in [5.74, 6) is 0.203. The normalized spacial score (nSPS) is 10.9. The van der Waals surface area contributed by atoms with Crippen molar-refractivity contribution in [1.82, 2.24) is 9.47 Å². The Morgan fingerprint density at radius 3 is 2.55 bits per heavy atom. The van der Waals surface area contributed by atoms with Crippen LogP contribution in [0.15, 0.2) is 34.9 Å². The first-order valence-corrected chi connectivity index (χ1v) is 7.97. The van der Waals surface area contributed by atoms with E-state index in [0.29, 0.717) is 6.54 Å². The Bertz CT molecular complexity index is 585. The van der Waals surface area contributed by atoms with Crippen LogP contribution in [-0.4, -0.2) is 28.5 Å². The molecule has 3 nitrogen and oxygen atoms in total. The van der Waals surface area contributed by atoms with E-state index in [0.717, 1.165) is 41.3 Å². The van der Waals surface area contributed by atoms with Gasteiger partial charge < -0.3 is 9.47 Å². The van der Waals surface area contributed by atoms with E-state index in [9.17, 15) is 4.79 Å². The van der Waals surface area contributed by atoms with Gasteiger partial charge in [-0.15, -0.1) is 0 Å². The first-order chi connectivity index (χ1) is 9.65. The topological polar surface area (TPSA) is 25.2 Å². The van der Waals surface area contributed by atoms with Crippen LogP contribution in [0.25, 0.3) is 10.9 Å². The molecule has 0 radical (unpaired) electrons. The molecule has 2 rings (SSSR count). The van der Waals surface area contributed by atoms with Crippen molar-refractivity contribution in [3.05, 3.63) is 34.9 Å². The highest BCUT2D eigenvalue weighted by Gasteiger charge is 2.13. The minimum atomic E-state index is 0.203. The van der Waals surface area contributed by atoms with Crippen LogP contribution in [0.3, 0.4) is 0 Å². The lowest BCUT2D eigenvalue weighted by molar-refractivity contribution is -0.131. The van der Waals surface area contributed by atoms with Gasteiger partial charge in [0.15, 0.2) is 0 Å². The molecule has 0 unspecified atom stereocenters. The molecule has 0 N–H and O–H groups in total. The second kappa shape index (κ2) is 6.93. The van der Waals surface area contributed by atoms with E-state index in [2.05, 4.69) is 48.0 Å². The molecule has 1 aromatic heterocycles. The SMILES string of the molecule is CCCN(CCC)C(=O)Cn1ccc2cc(Br)ccc21. The fourth-order valence-electron chi connectivity index (χ4n) is 2.46. The Labute approximate surface area is 128 Å². The second-order valence-corrected chi connectivity index (χ2v) is 5.94. The number of carbonyl (C=O) groups is 1. The molecule has 0 spiro atoms. The predicted octanol–water partition coefficient (Wildman–Crippen LogP) is 4.05. The molecule has 0 aliphatic heterocycles. The number of aromatic nitrogens is 1. The summed E-state index contributed by atoms with van der Waals surface area (Å²) in [6.45, 7) is 6.33. The number of amides is 1. The van der Waals surface area contributed by atoms with Crippen LogP contribution >= 0.6 is 15.9 Å². The molecular formula is C16H21BrN2O. The summed E-state index contributed by atoms with van der Waals surface area (Å²) in [6, 6.07) is 8.19. The molecule has 0 aliphatic rings. The van der Waals surface area contributed by atoms with Crippen molar-refractivity contribution in [3.63, 3.8) is 0 Å². The molecule has 0 atom stereocenters. The number of hydrogen-bond donors (Lipinski definition) is 0. The summed E-state index contributed by atoms with van der Waals surface area (Å²) < 4.78 is 3.09. The van der Waals surface area contributed by atoms with Crippen LogP contribution in [-0.2, 0) is 11.3 Å².